The van der Waals surface area contributed by atoms with Gasteiger partial charge in [0.05, 0.1) is 15.6 Å². The zero-order valence-corrected chi connectivity index (χ0v) is 22.2. The Morgan fingerprint density at radius 2 is 1.68 bits per heavy atom. The summed E-state index contributed by atoms with van der Waals surface area (Å²) in [6.45, 7) is 7.54. The molecule has 1 fully saturated rings. The zero-order valence-electron chi connectivity index (χ0n) is 21.5. The molecule has 0 atom stereocenters. The quantitative estimate of drug-likeness (QED) is 0.259. The number of hydroxylamine groups is 2. The van der Waals surface area contributed by atoms with Gasteiger partial charge >= 0.3 is 5.69 Å². The Hall–Kier alpha value is -3.80. The van der Waals surface area contributed by atoms with Crippen molar-refractivity contribution >= 4 is 46.3 Å². The van der Waals surface area contributed by atoms with Gasteiger partial charge in [0, 0.05) is 28.4 Å². The van der Waals surface area contributed by atoms with Crippen LogP contribution in [0.1, 0.15) is 50.9 Å². The van der Waals surface area contributed by atoms with Crippen LogP contribution in [-0.2, 0) is 5.21 Å². The van der Waals surface area contributed by atoms with Crippen molar-refractivity contribution in [1.82, 2.24) is 20.3 Å². The van der Waals surface area contributed by atoms with Gasteiger partial charge in [0.15, 0.2) is 0 Å². The molecule has 3 aromatic rings. The number of anilines is 4. The van der Waals surface area contributed by atoms with Crippen LogP contribution in [0.2, 0.25) is 5.02 Å². The number of hydrogen-bond donors (Lipinski definition) is 3. The molecule has 1 saturated heterocycles. The van der Waals surface area contributed by atoms with E-state index in [1.165, 1.54) is 0 Å². The molecule has 12 heteroatoms. The van der Waals surface area contributed by atoms with Crippen LogP contribution in [0.25, 0.3) is 0 Å². The lowest BCUT2D eigenvalue weighted by atomic mass is 9.79. The summed E-state index contributed by atoms with van der Waals surface area (Å²) in [6, 6.07) is 13.4. The van der Waals surface area contributed by atoms with Crippen molar-refractivity contribution in [3.8, 4) is 0 Å². The minimum absolute atomic E-state index is 0.0217. The number of para-hydroxylation sites is 1. The van der Waals surface area contributed by atoms with Crippen molar-refractivity contribution in [1.29, 1.82) is 0 Å². The third-order valence-corrected chi connectivity index (χ3v) is 6.75. The average Bonchev–Trinajstić information content (AvgIpc) is 2.84. The Balaban J connectivity index is 1.46. The molecule has 0 spiro atoms. The van der Waals surface area contributed by atoms with E-state index in [-0.39, 0.29) is 29.4 Å². The molecule has 1 amide bonds. The van der Waals surface area contributed by atoms with Gasteiger partial charge < -0.3 is 16.0 Å². The normalized spacial score (nSPS) is 17.0. The van der Waals surface area contributed by atoms with Crippen LogP contribution in [0.4, 0.5) is 28.8 Å². The second-order valence-electron chi connectivity index (χ2n) is 10.5. The number of benzene rings is 2. The maximum absolute atomic E-state index is 12.9. The highest BCUT2D eigenvalue weighted by atomic mass is 35.5. The summed E-state index contributed by atoms with van der Waals surface area (Å²) in [5.41, 5.74) is 0.0272. The molecule has 3 N–H and O–H groups in total. The van der Waals surface area contributed by atoms with Gasteiger partial charge in [0.25, 0.3) is 5.91 Å². The van der Waals surface area contributed by atoms with E-state index in [0.717, 1.165) is 11.3 Å². The van der Waals surface area contributed by atoms with Crippen molar-refractivity contribution in [2.45, 2.75) is 57.7 Å². The molecule has 2 aromatic carbocycles. The van der Waals surface area contributed by atoms with Gasteiger partial charge in [-0.1, -0.05) is 23.7 Å². The number of carbonyl (C=O) groups excluding carboxylic acids is 1. The molecule has 0 unspecified atom stereocenters. The fourth-order valence-corrected chi connectivity index (χ4v) is 5.00. The van der Waals surface area contributed by atoms with Gasteiger partial charge in [-0.15, -0.1) is 10.3 Å². The van der Waals surface area contributed by atoms with Crippen LogP contribution in [-0.4, -0.2) is 43.0 Å². The Morgan fingerprint density at radius 3 is 2.29 bits per heavy atom. The highest BCUT2D eigenvalue weighted by Gasteiger charge is 2.46. The summed E-state index contributed by atoms with van der Waals surface area (Å²) >= 11 is 6.17. The summed E-state index contributed by atoms with van der Waals surface area (Å²) in [5, 5.41) is 34.5. The number of nitrogens with zero attached hydrogens (tertiary/aromatic N) is 4. The van der Waals surface area contributed by atoms with Gasteiger partial charge in [-0.3, -0.25) is 14.9 Å². The first-order valence-electron chi connectivity index (χ1n) is 12.0. The van der Waals surface area contributed by atoms with Crippen molar-refractivity contribution in [3.05, 3.63) is 75.4 Å². The molecule has 11 nitrogen and oxygen atoms in total. The molecule has 0 saturated carbocycles. The van der Waals surface area contributed by atoms with Crippen molar-refractivity contribution in [2.75, 3.05) is 10.6 Å². The Kier molecular flexibility index (Phi) is 7.54. The lowest BCUT2D eigenvalue weighted by Gasteiger charge is -2.50. The smallest absolute Gasteiger partial charge is 0.329 e. The van der Waals surface area contributed by atoms with Gasteiger partial charge in [0.2, 0.25) is 11.8 Å². The number of nitro groups is 1. The number of carbonyl (C=O) groups is 1. The number of hydrogen-bond acceptors (Lipinski definition) is 8. The predicted molar refractivity (Wildman–Crippen MR) is 144 cm³/mol. The van der Waals surface area contributed by atoms with E-state index in [1.807, 2.05) is 27.7 Å². The fourth-order valence-electron chi connectivity index (χ4n) is 4.82. The lowest BCUT2D eigenvalue weighted by molar-refractivity contribution is -0.384. The number of rotatable bonds is 7. The molecule has 4 rings (SSSR count). The summed E-state index contributed by atoms with van der Waals surface area (Å²) in [4.78, 5) is 32.1. The highest BCUT2D eigenvalue weighted by Crippen LogP contribution is 2.37. The Morgan fingerprint density at radius 1 is 1.05 bits per heavy atom. The van der Waals surface area contributed by atoms with Crippen LogP contribution in [0.3, 0.4) is 0 Å². The van der Waals surface area contributed by atoms with E-state index in [9.17, 15) is 20.1 Å². The summed E-state index contributed by atoms with van der Waals surface area (Å²) in [7, 11) is 0. The molecule has 38 heavy (non-hydrogen) atoms. The summed E-state index contributed by atoms with van der Waals surface area (Å²) < 4.78 is 0. The molecule has 0 bridgehead atoms. The number of halogens is 1. The van der Waals surface area contributed by atoms with Crippen LogP contribution in [0.15, 0.2) is 54.7 Å². The number of piperidine rings is 1. The Labute approximate surface area is 225 Å². The second-order valence-corrected chi connectivity index (χ2v) is 10.9. The predicted octanol–water partition coefficient (Wildman–Crippen LogP) is 5.62. The fraction of sp³-hybridized carbons (Fsp3) is 0.346. The molecule has 0 aliphatic carbocycles. The van der Waals surface area contributed by atoms with E-state index >= 15 is 0 Å². The largest absolute Gasteiger partial charge is 0.349 e. The van der Waals surface area contributed by atoms with Gasteiger partial charge in [-0.2, -0.15) is 4.98 Å². The van der Waals surface area contributed by atoms with Crippen LogP contribution in [0.5, 0.6) is 0 Å². The van der Waals surface area contributed by atoms with Crippen LogP contribution < -0.4 is 16.0 Å². The third kappa shape index (κ3) is 6.01. The molecular formula is C26H29ClN7O4. The first kappa shape index (κ1) is 27.2. The van der Waals surface area contributed by atoms with Gasteiger partial charge in [-0.25, -0.2) is 4.98 Å². The Bertz CT molecular complexity index is 1330. The van der Waals surface area contributed by atoms with Crippen molar-refractivity contribution in [3.63, 3.8) is 0 Å². The minimum Gasteiger partial charge on any atom is -0.349 e. The van der Waals surface area contributed by atoms with E-state index in [2.05, 4.69) is 25.9 Å². The van der Waals surface area contributed by atoms with E-state index in [0.29, 0.717) is 34.8 Å². The molecule has 1 aliphatic rings. The summed E-state index contributed by atoms with van der Waals surface area (Å²) in [5.74, 6) is -0.131. The molecule has 2 heterocycles. The zero-order chi connectivity index (χ0) is 27.7. The number of nitrogens with one attached hydrogen (secondary N) is 3. The summed E-state index contributed by atoms with van der Waals surface area (Å²) in [6.07, 6.45) is 2.20. The second kappa shape index (κ2) is 10.5. The van der Waals surface area contributed by atoms with Crippen LogP contribution in [0, 0.1) is 10.1 Å². The van der Waals surface area contributed by atoms with Crippen molar-refractivity contribution in [2.24, 2.45) is 0 Å². The number of amides is 1. The minimum atomic E-state index is -0.586. The average molecular weight is 539 g/mol. The standard InChI is InChI=1S/C26H29ClN7O4/c1-25(2)13-18(14-26(3,4)34(25)38)29-23(35)16-9-11-17(12-10-16)30-24-28-15-21(33(36)37)22(32-24)31-20-8-6-5-7-19(20)27/h5-12,15,18H,13-14H2,1-4H3,(H,29,35)(H2,28,30,31,32). The van der Waals surface area contributed by atoms with E-state index < -0.39 is 16.0 Å². The monoisotopic (exact) mass is 538 g/mol. The van der Waals surface area contributed by atoms with Crippen LogP contribution >= 0.6 is 11.6 Å². The molecule has 1 aliphatic heterocycles. The topological polar surface area (TPSA) is 145 Å². The third-order valence-electron chi connectivity index (χ3n) is 6.42. The van der Waals surface area contributed by atoms with Gasteiger partial charge in [0.1, 0.15) is 6.20 Å². The van der Waals surface area contributed by atoms with E-state index in [4.69, 9.17) is 11.6 Å². The van der Waals surface area contributed by atoms with Gasteiger partial charge in [-0.05, 0) is 76.9 Å². The maximum atomic E-state index is 12.9. The number of aromatic nitrogens is 2. The molecule has 199 valence electrons. The first-order chi connectivity index (χ1) is 17.9. The molecular weight excluding hydrogens is 510 g/mol. The van der Waals surface area contributed by atoms with E-state index in [1.54, 1.807) is 48.5 Å². The maximum Gasteiger partial charge on any atom is 0.329 e. The SMILES string of the molecule is CC1(C)CC(NC(=O)c2ccc(Nc3ncc([N+](=O)[O-])c(Nc4ccccc4Cl)n3)cc2)CC(C)(C)N1[O]. The first-order valence-corrected chi connectivity index (χ1v) is 12.4. The molecule has 1 aromatic heterocycles. The lowest BCUT2D eigenvalue weighted by Crippen LogP contribution is -2.62. The molecule has 1 radical (unpaired) electrons. The van der Waals surface area contributed by atoms with Crippen molar-refractivity contribution < 1.29 is 14.9 Å². The highest BCUT2D eigenvalue weighted by molar-refractivity contribution is 6.33.